The minimum atomic E-state index is -0.398. The van der Waals surface area contributed by atoms with Crippen molar-refractivity contribution in [2.75, 3.05) is 58.3 Å². The van der Waals surface area contributed by atoms with Gasteiger partial charge in [-0.05, 0) is 75.8 Å². The van der Waals surface area contributed by atoms with Crippen molar-refractivity contribution in [1.29, 1.82) is 0 Å². The van der Waals surface area contributed by atoms with E-state index in [1.54, 1.807) is 0 Å². The Morgan fingerprint density at radius 3 is 1.98 bits per heavy atom. The lowest BCUT2D eigenvalue weighted by Gasteiger charge is -2.35. The quantitative estimate of drug-likeness (QED) is 0.213. The van der Waals surface area contributed by atoms with Crippen molar-refractivity contribution < 1.29 is 9.53 Å². The molecule has 0 radical (unpaired) electrons. The number of nitrogens with zero attached hydrogens (tertiary/aromatic N) is 3. The van der Waals surface area contributed by atoms with Crippen LogP contribution in [0.3, 0.4) is 0 Å². The van der Waals surface area contributed by atoms with E-state index >= 15 is 0 Å². The fourth-order valence-electron chi connectivity index (χ4n) is 6.26. The first-order valence-electron chi connectivity index (χ1n) is 15.6. The third-order valence-corrected chi connectivity index (χ3v) is 9.54. The predicted molar refractivity (Wildman–Crippen MR) is 177 cm³/mol. The van der Waals surface area contributed by atoms with E-state index in [9.17, 15) is 4.79 Å². The highest BCUT2D eigenvalue weighted by molar-refractivity contribution is 7.99. The first kappa shape index (κ1) is 32.1. The van der Waals surface area contributed by atoms with Crippen molar-refractivity contribution in [2.24, 2.45) is 5.92 Å². The Morgan fingerprint density at radius 1 is 0.881 bits per heavy atom. The SMILES string of the molecule is CC(CN(C)C)CN1c2ccccc2Sc2ccccc21.CCN(CC)CCOC(=O)C1(c2ccccc2)CCCC1. The van der Waals surface area contributed by atoms with E-state index in [2.05, 4.69) is 110 Å². The normalized spacial score (nSPS) is 15.9. The number of carbonyl (C=O) groups excluding carboxylic acids is 1. The van der Waals surface area contributed by atoms with E-state index in [0.29, 0.717) is 12.5 Å². The Morgan fingerprint density at radius 2 is 1.43 bits per heavy atom. The summed E-state index contributed by atoms with van der Waals surface area (Å²) >= 11 is 1.88. The van der Waals surface area contributed by atoms with Crippen molar-refractivity contribution in [3.05, 3.63) is 84.4 Å². The lowest BCUT2D eigenvalue weighted by Crippen LogP contribution is -2.36. The van der Waals surface area contributed by atoms with Crippen LogP contribution in [0.4, 0.5) is 11.4 Å². The summed E-state index contributed by atoms with van der Waals surface area (Å²) in [5, 5.41) is 0. The summed E-state index contributed by atoms with van der Waals surface area (Å²) < 4.78 is 5.64. The van der Waals surface area contributed by atoms with Crippen LogP contribution >= 0.6 is 11.8 Å². The number of rotatable bonds is 11. The number of hydrogen-bond acceptors (Lipinski definition) is 6. The number of benzene rings is 3. The topological polar surface area (TPSA) is 36.0 Å². The molecule has 2 aliphatic rings. The van der Waals surface area contributed by atoms with Crippen molar-refractivity contribution in [3.63, 3.8) is 0 Å². The zero-order valence-electron chi connectivity index (χ0n) is 26.2. The van der Waals surface area contributed by atoms with Gasteiger partial charge in [0.15, 0.2) is 0 Å². The van der Waals surface area contributed by atoms with Gasteiger partial charge >= 0.3 is 5.97 Å². The molecular formula is C36H49N3O2S. The Balaban J connectivity index is 0.000000193. The highest BCUT2D eigenvalue weighted by atomic mass is 32.2. The highest BCUT2D eigenvalue weighted by Gasteiger charge is 2.44. The molecule has 3 aromatic carbocycles. The number of fused-ring (bicyclic) bond motifs is 2. The highest BCUT2D eigenvalue weighted by Crippen LogP contribution is 2.48. The molecule has 6 heteroatoms. The van der Waals surface area contributed by atoms with Gasteiger partial charge in [-0.1, -0.05) is 100.0 Å². The van der Waals surface area contributed by atoms with Crippen molar-refractivity contribution in [2.45, 2.75) is 61.7 Å². The van der Waals surface area contributed by atoms with Crippen LogP contribution in [-0.2, 0) is 14.9 Å². The zero-order chi connectivity index (χ0) is 30.0. The molecule has 1 atom stereocenters. The smallest absolute Gasteiger partial charge is 0.316 e. The van der Waals surface area contributed by atoms with Gasteiger partial charge in [-0.2, -0.15) is 0 Å². The van der Waals surface area contributed by atoms with Crippen LogP contribution in [-0.4, -0.2) is 69.2 Å². The van der Waals surface area contributed by atoms with Gasteiger partial charge in [-0.25, -0.2) is 0 Å². The number of anilines is 2. The second kappa shape index (κ2) is 15.6. The lowest BCUT2D eigenvalue weighted by atomic mass is 9.79. The summed E-state index contributed by atoms with van der Waals surface area (Å²) in [6.07, 6.45) is 4.06. The molecule has 1 aliphatic carbocycles. The van der Waals surface area contributed by atoms with Crippen LogP contribution < -0.4 is 4.90 Å². The Labute approximate surface area is 258 Å². The van der Waals surface area contributed by atoms with E-state index < -0.39 is 5.41 Å². The first-order valence-corrected chi connectivity index (χ1v) is 16.4. The molecule has 3 aromatic rings. The zero-order valence-corrected chi connectivity index (χ0v) is 27.0. The van der Waals surface area contributed by atoms with Crippen LogP contribution in [0.5, 0.6) is 0 Å². The fraction of sp³-hybridized carbons (Fsp3) is 0.472. The van der Waals surface area contributed by atoms with E-state index in [-0.39, 0.29) is 5.97 Å². The number of carbonyl (C=O) groups is 1. The number of hydrogen-bond donors (Lipinski definition) is 0. The predicted octanol–water partition coefficient (Wildman–Crippen LogP) is 7.87. The van der Waals surface area contributed by atoms with Crippen LogP contribution in [0.25, 0.3) is 0 Å². The second-order valence-electron chi connectivity index (χ2n) is 11.8. The molecule has 226 valence electrons. The standard InChI is InChI=1S/C18H22N2S.C18H27NO2/c1-14(12-19(2)3)13-20-15-8-4-6-10-17(15)21-18-11-7-5-9-16(18)20;1-3-19(4-2)14-15-21-17(20)18(12-8-9-13-18)16-10-6-5-7-11-16/h4-11,14H,12-13H2,1-3H3;5-7,10-11H,3-4,8-9,12-15H2,1-2H3. The summed E-state index contributed by atoms with van der Waals surface area (Å²) in [7, 11) is 4.29. The Bertz CT molecular complexity index is 1210. The van der Waals surface area contributed by atoms with Crippen LogP contribution in [0.15, 0.2) is 88.7 Å². The van der Waals surface area contributed by atoms with Gasteiger partial charge in [0.05, 0.1) is 16.8 Å². The minimum absolute atomic E-state index is 0.0293. The largest absolute Gasteiger partial charge is 0.464 e. The molecule has 1 fully saturated rings. The molecule has 1 aliphatic heterocycles. The van der Waals surface area contributed by atoms with E-state index in [0.717, 1.165) is 64.0 Å². The maximum Gasteiger partial charge on any atom is 0.316 e. The number of esters is 1. The second-order valence-corrected chi connectivity index (χ2v) is 12.9. The van der Waals surface area contributed by atoms with E-state index in [1.807, 2.05) is 30.0 Å². The summed E-state index contributed by atoms with van der Waals surface area (Å²) in [5.74, 6) is 0.586. The average molecular weight is 588 g/mol. The molecule has 42 heavy (non-hydrogen) atoms. The number of para-hydroxylation sites is 2. The van der Waals surface area contributed by atoms with Crippen molar-refractivity contribution in [3.8, 4) is 0 Å². The fourth-order valence-corrected chi connectivity index (χ4v) is 7.36. The molecule has 0 amide bonds. The third kappa shape index (κ3) is 7.97. The monoisotopic (exact) mass is 587 g/mol. The summed E-state index contributed by atoms with van der Waals surface area (Å²) in [4.78, 5) is 22.4. The maximum atomic E-state index is 12.7. The van der Waals surface area contributed by atoms with Gasteiger partial charge in [0.2, 0.25) is 0 Å². The molecule has 0 bridgehead atoms. The summed E-state index contributed by atoms with van der Waals surface area (Å²) in [6, 6.07) is 27.6. The molecule has 1 heterocycles. The molecule has 0 N–H and O–H groups in total. The molecule has 5 nitrogen and oxygen atoms in total. The van der Waals surface area contributed by atoms with Gasteiger partial charge in [-0.15, -0.1) is 0 Å². The number of likely N-dealkylation sites (N-methyl/N-ethyl adjacent to an activating group) is 1. The average Bonchev–Trinajstić information content (AvgIpc) is 3.51. The first-order chi connectivity index (χ1) is 20.4. The van der Waals surface area contributed by atoms with Crippen LogP contribution in [0.2, 0.25) is 0 Å². The van der Waals surface area contributed by atoms with Gasteiger partial charge in [0.1, 0.15) is 6.61 Å². The summed E-state index contributed by atoms with van der Waals surface area (Å²) in [5.41, 5.74) is 3.40. The van der Waals surface area contributed by atoms with E-state index in [1.165, 1.54) is 21.2 Å². The molecular weight excluding hydrogens is 538 g/mol. The van der Waals surface area contributed by atoms with Gasteiger partial charge in [0.25, 0.3) is 0 Å². The Hall–Kier alpha value is -2.80. The maximum absolute atomic E-state index is 12.7. The molecule has 5 rings (SSSR count). The molecule has 0 spiro atoms. The Kier molecular flexibility index (Phi) is 11.9. The van der Waals surface area contributed by atoms with Crippen molar-refractivity contribution in [1.82, 2.24) is 9.80 Å². The van der Waals surface area contributed by atoms with Crippen LogP contribution in [0.1, 0.15) is 52.0 Å². The molecule has 1 saturated carbocycles. The number of ether oxygens (including phenoxy) is 1. The third-order valence-electron chi connectivity index (χ3n) is 8.41. The molecule has 1 unspecified atom stereocenters. The van der Waals surface area contributed by atoms with Gasteiger partial charge in [0, 0.05) is 29.4 Å². The van der Waals surface area contributed by atoms with Crippen LogP contribution in [0, 0.1) is 5.92 Å². The van der Waals surface area contributed by atoms with E-state index in [4.69, 9.17) is 4.74 Å². The minimum Gasteiger partial charge on any atom is -0.464 e. The molecule has 0 aromatic heterocycles. The van der Waals surface area contributed by atoms with Gasteiger partial charge in [-0.3, -0.25) is 4.79 Å². The lowest BCUT2D eigenvalue weighted by molar-refractivity contribution is -0.151. The van der Waals surface area contributed by atoms with Gasteiger partial charge < -0.3 is 19.4 Å². The summed E-state index contributed by atoms with van der Waals surface area (Å²) in [6.45, 7) is 12.1. The molecule has 0 saturated heterocycles. The van der Waals surface area contributed by atoms with Crippen molar-refractivity contribution >= 4 is 29.1 Å².